The molecule has 4 N–H and O–H groups in total. The summed E-state index contributed by atoms with van der Waals surface area (Å²) in [6.07, 6.45) is 1.76. The van der Waals surface area contributed by atoms with Gasteiger partial charge in [0.25, 0.3) is 0 Å². The molecule has 0 saturated heterocycles. The number of anilines is 2. The van der Waals surface area contributed by atoms with Gasteiger partial charge in [0.1, 0.15) is 11.6 Å². The zero-order valence-electron chi connectivity index (χ0n) is 15.0. The molecule has 2 aromatic carbocycles. The molecule has 6 nitrogen and oxygen atoms in total. The van der Waals surface area contributed by atoms with Gasteiger partial charge in [-0.2, -0.15) is 4.98 Å². The molecule has 2 heterocycles. The van der Waals surface area contributed by atoms with E-state index < -0.39 is 17.4 Å². The lowest BCUT2D eigenvalue weighted by molar-refractivity contribution is 0.404. The maximum Gasteiger partial charge on any atom is 0.222 e. The first-order valence-corrected chi connectivity index (χ1v) is 8.58. The van der Waals surface area contributed by atoms with E-state index in [1.807, 2.05) is 30.3 Å². The molecule has 29 heavy (non-hydrogen) atoms. The number of rotatable bonds is 4. The Morgan fingerprint density at radius 2 is 1.41 bits per heavy atom. The number of nitrogens with two attached hydrogens (primary N) is 2. The Morgan fingerprint density at radius 1 is 0.759 bits per heavy atom. The first-order chi connectivity index (χ1) is 14.0. The molecular weight excluding hydrogens is 376 g/mol. The fourth-order valence-corrected chi connectivity index (χ4v) is 2.89. The standard InChI is InChI=1S/C21H15F2N5O/c22-15-10-26-11-16(23)19(15)29-14-8-6-12(7-9-14)17-18(13-4-2-1-3-5-13)27-21(25)28-20(17)24/h1-11H,(H4,24,25,27,28). The van der Waals surface area contributed by atoms with Crippen molar-refractivity contribution in [3.63, 3.8) is 0 Å². The van der Waals surface area contributed by atoms with E-state index in [4.69, 9.17) is 16.2 Å². The number of nitrogens with zero attached hydrogens (tertiary/aromatic N) is 3. The summed E-state index contributed by atoms with van der Waals surface area (Å²) < 4.78 is 32.8. The van der Waals surface area contributed by atoms with Crippen LogP contribution < -0.4 is 16.2 Å². The number of pyridine rings is 1. The van der Waals surface area contributed by atoms with Gasteiger partial charge < -0.3 is 16.2 Å². The molecule has 4 rings (SSSR count). The molecule has 4 aromatic rings. The van der Waals surface area contributed by atoms with Crippen molar-refractivity contribution in [2.45, 2.75) is 0 Å². The zero-order chi connectivity index (χ0) is 20.4. The van der Waals surface area contributed by atoms with E-state index in [0.29, 0.717) is 16.8 Å². The smallest absolute Gasteiger partial charge is 0.222 e. The topological polar surface area (TPSA) is 99.9 Å². The summed E-state index contributed by atoms with van der Waals surface area (Å²) in [6, 6.07) is 16.0. The van der Waals surface area contributed by atoms with Crippen LogP contribution in [0.5, 0.6) is 11.5 Å². The van der Waals surface area contributed by atoms with Crippen LogP contribution in [0.3, 0.4) is 0 Å². The Kier molecular flexibility index (Phi) is 4.74. The molecular formula is C21H15F2N5O. The number of ether oxygens (including phenoxy) is 1. The zero-order valence-corrected chi connectivity index (χ0v) is 15.0. The number of hydrogen-bond donors (Lipinski definition) is 2. The van der Waals surface area contributed by atoms with Crippen LogP contribution in [0.4, 0.5) is 20.5 Å². The molecule has 0 unspecified atom stereocenters. The average Bonchev–Trinajstić information content (AvgIpc) is 2.72. The molecule has 8 heteroatoms. The third-order valence-electron chi connectivity index (χ3n) is 4.17. The van der Waals surface area contributed by atoms with Crippen LogP contribution in [0.1, 0.15) is 0 Å². The summed E-state index contributed by atoms with van der Waals surface area (Å²) >= 11 is 0. The van der Waals surface area contributed by atoms with E-state index in [2.05, 4.69) is 15.0 Å². The van der Waals surface area contributed by atoms with Crippen molar-refractivity contribution < 1.29 is 13.5 Å². The van der Waals surface area contributed by atoms with Crippen molar-refractivity contribution in [1.29, 1.82) is 0 Å². The normalized spacial score (nSPS) is 10.7. The summed E-state index contributed by atoms with van der Waals surface area (Å²) in [5, 5.41) is 0. The van der Waals surface area contributed by atoms with E-state index in [1.165, 1.54) is 0 Å². The second-order valence-corrected chi connectivity index (χ2v) is 6.12. The summed E-state index contributed by atoms with van der Waals surface area (Å²) in [5.74, 6) is -1.78. The molecule has 0 atom stereocenters. The second-order valence-electron chi connectivity index (χ2n) is 6.12. The van der Waals surface area contributed by atoms with Gasteiger partial charge >= 0.3 is 0 Å². The van der Waals surface area contributed by atoms with Gasteiger partial charge in [0.05, 0.1) is 23.7 Å². The summed E-state index contributed by atoms with van der Waals surface area (Å²) in [7, 11) is 0. The third-order valence-corrected chi connectivity index (χ3v) is 4.17. The fourth-order valence-electron chi connectivity index (χ4n) is 2.89. The number of halogens is 2. The van der Waals surface area contributed by atoms with Crippen LogP contribution in [0.2, 0.25) is 0 Å². The molecule has 0 aliphatic rings. The van der Waals surface area contributed by atoms with Gasteiger partial charge in [0, 0.05) is 5.56 Å². The highest BCUT2D eigenvalue weighted by molar-refractivity contribution is 5.88. The Labute approximate surface area is 164 Å². The molecule has 0 fully saturated rings. The molecule has 0 amide bonds. The lowest BCUT2D eigenvalue weighted by Crippen LogP contribution is -2.04. The maximum atomic E-state index is 13.7. The first-order valence-electron chi connectivity index (χ1n) is 8.58. The molecule has 0 radical (unpaired) electrons. The molecule has 0 aliphatic carbocycles. The lowest BCUT2D eigenvalue weighted by Gasteiger charge is -2.13. The molecule has 0 bridgehead atoms. The Morgan fingerprint density at radius 3 is 2.07 bits per heavy atom. The molecule has 2 aromatic heterocycles. The van der Waals surface area contributed by atoms with Gasteiger partial charge in [-0.3, -0.25) is 4.98 Å². The van der Waals surface area contributed by atoms with Crippen molar-refractivity contribution in [2.24, 2.45) is 0 Å². The van der Waals surface area contributed by atoms with Gasteiger partial charge in [-0.05, 0) is 17.7 Å². The van der Waals surface area contributed by atoms with Crippen LogP contribution in [0.15, 0.2) is 67.0 Å². The Balaban J connectivity index is 1.73. The minimum atomic E-state index is -0.892. The van der Waals surface area contributed by atoms with E-state index in [1.54, 1.807) is 24.3 Å². The van der Waals surface area contributed by atoms with Crippen molar-refractivity contribution in [3.05, 3.63) is 78.6 Å². The number of nitrogen functional groups attached to an aromatic ring is 2. The highest BCUT2D eigenvalue weighted by Crippen LogP contribution is 2.36. The summed E-state index contributed by atoms with van der Waals surface area (Å²) in [6.45, 7) is 0. The largest absolute Gasteiger partial charge is 0.451 e. The summed E-state index contributed by atoms with van der Waals surface area (Å²) in [5.41, 5.74) is 14.6. The highest BCUT2D eigenvalue weighted by Gasteiger charge is 2.16. The highest BCUT2D eigenvalue weighted by atomic mass is 19.1. The van der Waals surface area contributed by atoms with Gasteiger partial charge in [0.15, 0.2) is 11.6 Å². The quantitative estimate of drug-likeness (QED) is 0.533. The van der Waals surface area contributed by atoms with Gasteiger partial charge in [-0.25, -0.2) is 13.8 Å². The Bertz CT molecular complexity index is 1150. The van der Waals surface area contributed by atoms with Crippen LogP contribution in [0.25, 0.3) is 22.4 Å². The van der Waals surface area contributed by atoms with Gasteiger partial charge in [0.2, 0.25) is 11.7 Å². The van der Waals surface area contributed by atoms with Crippen molar-refractivity contribution in [1.82, 2.24) is 15.0 Å². The van der Waals surface area contributed by atoms with Gasteiger partial charge in [-0.15, -0.1) is 0 Å². The molecule has 0 spiro atoms. The number of benzene rings is 2. The second kappa shape index (κ2) is 7.51. The van der Waals surface area contributed by atoms with Crippen molar-refractivity contribution >= 4 is 11.8 Å². The van der Waals surface area contributed by atoms with Crippen LogP contribution >= 0.6 is 0 Å². The van der Waals surface area contributed by atoms with E-state index in [9.17, 15) is 8.78 Å². The predicted octanol–water partition coefficient (Wildman–Crippen LogP) is 4.44. The van der Waals surface area contributed by atoms with Crippen molar-refractivity contribution in [2.75, 3.05) is 11.5 Å². The van der Waals surface area contributed by atoms with Crippen LogP contribution in [0, 0.1) is 11.6 Å². The summed E-state index contributed by atoms with van der Waals surface area (Å²) in [4.78, 5) is 11.8. The van der Waals surface area contributed by atoms with Crippen LogP contribution in [-0.2, 0) is 0 Å². The molecule has 0 aliphatic heterocycles. The maximum absolute atomic E-state index is 13.7. The molecule has 0 saturated carbocycles. The SMILES string of the molecule is Nc1nc(N)c(-c2ccc(Oc3c(F)cncc3F)cc2)c(-c2ccccc2)n1. The van der Waals surface area contributed by atoms with E-state index >= 15 is 0 Å². The first kappa shape index (κ1) is 18.3. The van der Waals surface area contributed by atoms with E-state index in [-0.39, 0.29) is 17.5 Å². The third kappa shape index (κ3) is 3.68. The van der Waals surface area contributed by atoms with Gasteiger partial charge in [-0.1, -0.05) is 42.5 Å². The molecule has 144 valence electrons. The van der Waals surface area contributed by atoms with Crippen molar-refractivity contribution in [3.8, 4) is 33.9 Å². The minimum absolute atomic E-state index is 0.0636. The lowest BCUT2D eigenvalue weighted by atomic mass is 9.99. The van der Waals surface area contributed by atoms with Crippen LogP contribution in [-0.4, -0.2) is 15.0 Å². The van der Waals surface area contributed by atoms with E-state index in [0.717, 1.165) is 18.0 Å². The predicted molar refractivity (Wildman–Crippen MR) is 106 cm³/mol. The fraction of sp³-hybridized carbons (Fsp3) is 0. The minimum Gasteiger partial charge on any atom is -0.451 e. The average molecular weight is 391 g/mol. The number of aromatic nitrogens is 3. The monoisotopic (exact) mass is 391 g/mol. The Hall–Kier alpha value is -4.07. The number of hydrogen-bond acceptors (Lipinski definition) is 6.